The van der Waals surface area contributed by atoms with Crippen molar-refractivity contribution in [2.45, 2.75) is 32.3 Å². The first-order valence-corrected chi connectivity index (χ1v) is 6.32. The van der Waals surface area contributed by atoms with E-state index in [1.807, 2.05) is 25.1 Å². The summed E-state index contributed by atoms with van der Waals surface area (Å²) < 4.78 is 5.80. The fraction of sp³-hybridized carbons (Fsp3) is 0.571. The van der Waals surface area contributed by atoms with Crippen molar-refractivity contribution in [2.75, 3.05) is 13.2 Å². The third kappa shape index (κ3) is 2.99. The molecule has 0 amide bonds. The first kappa shape index (κ1) is 12.4. The minimum atomic E-state index is -0.633. The van der Waals surface area contributed by atoms with Crippen LogP contribution >= 0.6 is 0 Å². The summed E-state index contributed by atoms with van der Waals surface area (Å²) in [4.78, 5) is 0. The van der Waals surface area contributed by atoms with Crippen molar-refractivity contribution in [1.29, 1.82) is 0 Å². The Bertz CT molecular complexity index is 374. The summed E-state index contributed by atoms with van der Waals surface area (Å²) in [5.74, 6) is 1.47. The Labute approximate surface area is 103 Å². The van der Waals surface area contributed by atoms with Gasteiger partial charge in [0.25, 0.3) is 0 Å². The Morgan fingerprint density at radius 2 is 2.24 bits per heavy atom. The van der Waals surface area contributed by atoms with Crippen LogP contribution in [0.15, 0.2) is 18.2 Å². The second kappa shape index (κ2) is 5.52. The molecule has 0 heterocycles. The molecule has 17 heavy (non-hydrogen) atoms. The summed E-state index contributed by atoms with van der Waals surface area (Å²) in [7, 11) is 0. The van der Waals surface area contributed by atoms with Gasteiger partial charge in [-0.05, 0) is 37.8 Å². The average molecular weight is 235 g/mol. The van der Waals surface area contributed by atoms with E-state index in [0.717, 1.165) is 23.5 Å². The average Bonchev–Trinajstić information content (AvgIpc) is 2.27. The van der Waals surface area contributed by atoms with Gasteiger partial charge < -0.3 is 15.6 Å². The molecule has 1 aliphatic rings. The number of ether oxygens (including phenoxy) is 1. The molecule has 0 bridgehead atoms. The van der Waals surface area contributed by atoms with Gasteiger partial charge in [0.1, 0.15) is 5.75 Å². The van der Waals surface area contributed by atoms with Gasteiger partial charge in [-0.15, -0.1) is 0 Å². The number of hydrogen-bond acceptors (Lipinski definition) is 3. The Morgan fingerprint density at radius 3 is 2.82 bits per heavy atom. The fourth-order valence-corrected chi connectivity index (χ4v) is 2.05. The van der Waals surface area contributed by atoms with Gasteiger partial charge in [-0.2, -0.15) is 0 Å². The van der Waals surface area contributed by atoms with Crippen LogP contribution in [-0.2, 0) is 0 Å². The summed E-state index contributed by atoms with van der Waals surface area (Å²) in [6.45, 7) is 2.99. The predicted octanol–water partition coefficient (Wildman–Crippen LogP) is 2.17. The molecule has 94 valence electrons. The van der Waals surface area contributed by atoms with Crippen LogP contribution in [0.25, 0.3) is 0 Å². The number of aryl methyl sites for hydroxylation is 1. The quantitative estimate of drug-likeness (QED) is 0.822. The maximum atomic E-state index is 9.87. The molecular weight excluding hydrogens is 214 g/mol. The molecule has 1 aliphatic carbocycles. The Hall–Kier alpha value is -1.06. The molecule has 0 aromatic heterocycles. The van der Waals surface area contributed by atoms with E-state index in [4.69, 9.17) is 10.5 Å². The molecule has 1 saturated carbocycles. The maximum absolute atomic E-state index is 9.87. The molecule has 3 nitrogen and oxygen atoms in total. The molecular formula is C14H21NO2. The van der Waals surface area contributed by atoms with E-state index >= 15 is 0 Å². The van der Waals surface area contributed by atoms with Crippen molar-refractivity contribution < 1.29 is 9.84 Å². The maximum Gasteiger partial charge on any atom is 0.125 e. The Kier molecular flexibility index (Phi) is 4.02. The molecule has 0 spiro atoms. The zero-order chi connectivity index (χ0) is 12.3. The van der Waals surface area contributed by atoms with E-state index < -0.39 is 6.10 Å². The highest BCUT2D eigenvalue weighted by molar-refractivity contribution is 5.38. The third-order valence-electron chi connectivity index (χ3n) is 3.45. The van der Waals surface area contributed by atoms with Crippen molar-refractivity contribution in [2.24, 2.45) is 11.7 Å². The number of hydrogen-bond donors (Lipinski definition) is 2. The van der Waals surface area contributed by atoms with E-state index in [2.05, 4.69) is 0 Å². The molecule has 1 aromatic rings. The van der Waals surface area contributed by atoms with Crippen molar-refractivity contribution >= 4 is 0 Å². The van der Waals surface area contributed by atoms with Crippen LogP contribution < -0.4 is 10.5 Å². The summed E-state index contributed by atoms with van der Waals surface area (Å²) in [6.07, 6.45) is 3.22. The lowest BCUT2D eigenvalue weighted by atomic mass is 9.86. The lowest BCUT2D eigenvalue weighted by Gasteiger charge is -2.26. The van der Waals surface area contributed by atoms with Crippen LogP contribution in [-0.4, -0.2) is 18.3 Å². The Balaban J connectivity index is 2.07. The zero-order valence-corrected chi connectivity index (χ0v) is 10.4. The van der Waals surface area contributed by atoms with E-state index in [-0.39, 0.29) is 6.54 Å². The zero-order valence-electron chi connectivity index (χ0n) is 10.4. The molecule has 3 N–H and O–H groups in total. The van der Waals surface area contributed by atoms with Crippen LogP contribution in [0.1, 0.15) is 36.5 Å². The minimum Gasteiger partial charge on any atom is -0.493 e. The molecule has 0 radical (unpaired) electrons. The second-order valence-corrected chi connectivity index (χ2v) is 4.90. The van der Waals surface area contributed by atoms with Gasteiger partial charge in [-0.3, -0.25) is 0 Å². The van der Waals surface area contributed by atoms with Crippen LogP contribution in [0.5, 0.6) is 5.75 Å². The smallest absolute Gasteiger partial charge is 0.125 e. The second-order valence-electron chi connectivity index (χ2n) is 4.90. The number of benzene rings is 1. The summed E-state index contributed by atoms with van der Waals surface area (Å²) in [5.41, 5.74) is 7.44. The number of nitrogens with two attached hydrogens (primary N) is 1. The first-order chi connectivity index (χ1) is 8.20. The molecule has 2 rings (SSSR count). The van der Waals surface area contributed by atoms with Gasteiger partial charge in [-0.1, -0.05) is 18.1 Å². The standard InChI is InChI=1S/C14H21NO2/c1-10-5-6-14(12(7-10)13(16)8-15)17-9-11-3-2-4-11/h5-7,11,13,16H,2-4,8-9,15H2,1H3. The molecule has 1 atom stereocenters. The highest BCUT2D eigenvalue weighted by Crippen LogP contribution is 2.30. The normalized spacial score (nSPS) is 17.6. The van der Waals surface area contributed by atoms with Gasteiger partial charge >= 0.3 is 0 Å². The lowest BCUT2D eigenvalue weighted by Crippen LogP contribution is -2.20. The topological polar surface area (TPSA) is 55.5 Å². The number of rotatable bonds is 5. The van der Waals surface area contributed by atoms with Crippen LogP contribution in [0, 0.1) is 12.8 Å². The van der Waals surface area contributed by atoms with Gasteiger partial charge in [0.15, 0.2) is 0 Å². The van der Waals surface area contributed by atoms with Gasteiger partial charge in [0.05, 0.1) is 12.7 Å². The fourth-order valence-electron chi connectivity index (χ4n) is 2.05. The lowest BCUT2D eigenvalue weighted by molar-refractivity contribution is 0.159. The van der Waals surface area contributed by atoms with Gasteiger partial charge in [-0.25, -0.2) is 0 Å². The minimum absolute atomic E-state index is 0.225. The summed E-state index contributed by atoms with van der Waals surface area (Å²) in [5, 5.41) is 9.87. The molecule has 0 aliphatic heterocycles. The largest absolute Gasteiger partial charge is 0.493 e. The van der Waals surface area contributed by atoms with Crippen molar-refractivity contribution in [3.8, 4) is 5.75 Å². The van der Waals surface area contributed by atoms with Gasteiger partial charge in [0, 0.05) is 12.1 Å². The SMILES string of the molecule is Cc1ccc(OCC2CCC2)c(C(O)CN)c1. The third-order valence-corrected chi connectivity index (χ3v) is 3.45. The molecule has 3 heteroatoms. The number of aliphatic hydroxyl groups is 1. The molecule has 1 aromatic carbocycles. The summed E-state index contributed by atoms with van der Waals surface area (Å²) >= 11 is 0. The number of aliphatic hydroxyl groups excluding tert-OH is 1. The van der Waals surface area contributed by atoms with E-state index in [1.165, 1.54) is 19.3 Å². The van der Waals surface area contributed by atoms with E-state index in [0.29, 0.717) is 5.92 Å². The predicted molar refractivity (Wildman–Crippen MR) is 68.0 cm³/mol. The van der Waals surface area contributed by atoms with Crippen molar-refractivity contribution in [3.05, 3.63) is 29.3 Å². The monoisotopic (exact) mass is 235 g/mol. The molecule has 0 saturated heterocycles. The molecule has 1 unspecified atom stereocenters. The Morgan fingerprint density at radius 1 is 1.47 bits per heavy atom. The van der Waals surface area contributed by atoms with E-state index in [1.54, 1.807) is 0 Å². The first-order valence-electron chi connectivity index (χ1n) is 6.32. The van der Waals surface area contributed by atoms with Crippen molar-refractivity contribution in [3.63, 3.8) is 0 Å². The van der Waals surface area contributed by atoms with Crippen molar-refractivity contribution in [1.82, 2.24) is 0 Å². The van der Waals surface area contributed by atoms with Gasteiger partial charge in [0.2, 0.25) is 0 Å². The highest BCUT2D eigenvalue weighted by atomic mass is 16.5. The highest BCUT2D eigenvalue weighted by Gasteiger charge is 2.19. The van der Waals surface area contributed by atoms with Crippen LogP contribution in [0.2, 0.25) is 0 Å². The van der Waals surface area contributed by atoms with E-state index in [9.17, 15) is 5.11 Å². The molecule has 1 fully saturated rings. The van der Waals surface area contributed by atoms with Crippen LogP contribution in [0.4, 0.5) is 0 Å². The van der Waals surface area contributed by atoms with Crippen LogP contribution in [0.3, 0.4) is 0 Å². The summed E-state index contributed by atoms with van der Waals surface area (Å²) in [6, 6.07) is 5.89.